The molecule has 2 aromatic rings. The Morgan fingerprint density at radius 2 is 2.16 bits per heavy atom. The fourth-order valence-electron chi connectivity index (χ4n) is 2.16. The van der Waals surface area contributed by atoms with Crippen LogP contribution >= 0.6 is 0 Å². The molecule has 0 fully saturated rings. The summed E-state index contributed by atoms with van der Waals surface area (Å²) in [6.07, 6.45) is 2.48. The van der Waals surface area contributed by atoms with Crippen LogP contribution in [0.1, 0.15) is 24.1 Å². The number of nitrogens with one attached hydrogen (secondary N) is 1. The van der Waals surface area contributed by atoms with Crippen LogP contribution in [0, 0.1) is 13.8 Å². The zero-order valence-corrected chi connectivity index (χ0v) is 12.1. The first-order valence-electron chi connectivity index (χ1n) is 6.63. The Morgan fingerprint density at radius 1 is 1.37 bits per heavy atom. The van der Waals surface area contributed by atoms with Crippen LogP contribution in [-0.2, 0) is 20.0 Å². The number of hydrogen-bond donors (Lipinski definition) is 1. The van der Waals surface area contributed by atoms with Gasteiger partial charge in [-0.25, -0.2) is 4.98 Å². The molecule has 0 radical (unpaired) electrons. The van der Waals surface area contributed by atoms with Gasteiger partial charge in [0, 0.05) is 31.7 Å². The summed E-state index contributed by atoms with van der Waals surface area (Å²) >= 11 is 0. The molecule has 1 atom stereocenters. The largest absolute Gasteiger partial charge is 0.312 e. The van der Waals surface area contributed by atoms with Gasteiger partial charge in [-0.2, -0.15) is 10.2 Å². The van der Waals surface area contributed by atoms with Crippen LogP contribution in [0.3, 0.4) is 0 Å². The molecule has 0 bridgehead atoms. The van der Waals surface area contributed by atoms with Crippen LogP contribution in [0.25, 0.3) is 0 Å². The van der Waals surface area contributed by atoms with Crippen molar-refractivity contribution < 1.29 is 0 Å². The quantitative estimate of drug-likeness (QED) is 0.838. The summed E-state index contributed by atoms with van der Waals surface area (Å²) in [5, 5.41) is 12.0. The minimum atomic E-state index is 0.381. The second-order valence-electron chi connectivity index (χ2n) is 5.01. The van der Waals surface area contributed by atoms with Gasteiger partial charge in [-0.3, -0.25) is 9.36 Å². The van der Waals surface area contributed by atoms with Crippen molar-refractivity contribution in [3.05, 3.63) is 29.6 Å². The normalized spacial score (nSPS) is 12.8. The van der Waals surface area contributed by atoms with Crippen molar-refractivity contribution >= 4 is 0 Å². The van der Waals surface area contributed by atoms with Gasteiger partial charge in [0.25, 0.3) is 0 Å². The van der Waals surface area contributed by atoms with Crippen LogP contribution < -0.4 is 5.32 Å². The van der Waals surface area contributed by atoms with Gasteiger partial charge in [0.1, 0.15) is 12.2 Å². The van der Waals surface area contributed by atoms with Crippen LogP contribution in [-0.4, -0.2) is 37.1 Å². The highest BCUT2D eigenvalue weighted by Crippen LogP contribution is 2.03. The average Bonchev–Trinajstić information content (AvgIpc) is 2.86. The third kappa shape index (κ3) is 3.64. The van der Waals surface area contributed by atoms with Crippen LogP contribution in [0.15, 0.2) is 12.4 Å². The molecule has 0 saturated heterocycles. The highest BCUT2D eigenvalue weighted by molar-refractivity contribution is 5.06. The molecular weight excluding hydrogens is 240 g/mol. The van der Waals surface area contributed by atoms with E-state index in [0.29, 0.717) is 6.04 Å². The molecule has 6 heteroatoms. The summed E-state index contributed by atoms with van der Waals surface area (Å²) in [5.74, 6) is 1.01. The molecule has 19 heavy (non-hydrogen) atoms. The zero-order valence-electron chi connectivity index (χ0n) is 12.1. The van der Waals surface area contributed by atoms with Crippen molar-refractivity contribution in [1.29, 1.82) is 0 Å². The van der Waals surface area contributed by atoms with Crippen LogP contribution in [0.4, 0.5) is 0 Å². The maximum absolute atomic E-state index is 4.47. The standard InChI is InChI=1S/C13H22N6/c1-10-7-12(3)19(17-10)8-11(2)14-6-5-13-15-9-16-18(13)4/h7,9,11,14H,5-6,8H2,1-4H3/t11-/m1/s1. The lowest BCUT2D eigenvalue weighted by Gasteiger charge is -2.14. The van der Waals surface area contributed by atoms with E-state index in [1.165, 1.54) is 5.69 Å². The van der Waals surface area contributed by atoms with Gasteiger partial charge in [-0.1, -0.05) is 0 Å². The predicted molar refractivity (Wildman–Crippen MR) is 73.9 cm³/mol. The van der Waals surface area contributed by atoms with Gasteiger partial charge in [0.2, 0.25) is 0 Å². The topological polar surface area (TPSA) is 60.6 Å². The molecule has 6 nitrogen and oxygen atoms in total. The summed E-state index contributed by atoms with van der Waals surface area (Å²) in [7, 11) is 1.92. The molecule has 0 saturated carbocycles. The van der Waals surface area contributed by atoms with E-state index in [-0.39, 0.29) is 0 Å². The number of nitrogens with zero attached hydrogens (tertiary/aromatic N) is 5. The first-order chi connectivity index (χ1) is 9.06. The Morgan fingerprint density at radius 3 is 2.74 bits per heavy atom. The lowest BCUT2D eigenvalue weighted by Crippen LogP contribution is -2.33. The van der Waals surface area contributed by atoms with Gasteiger partial charge in [0.15, 0.2) is 0 Å². The van der Waals surface area contributed by atoms with E-state index in [1.807, 2.05) is 18.7 Å². The van der Waals surface area contributed by atoms with Crippen molar-refractivity contribution in [2.45, 2.75) is 39.8 Å². The fourth-order valence-corrected chi connectivity index (χ4v) is 2.16. The predicted octanol–water partition coefficient (Wildman–Crippen LogP) is 0.849. The summed E-state index contributed by atoms with van der Waals surface area (Å²) < 4.78 is 3.86. The molecule has 0 spiro atoms. The summed E-state index contributed by atoms with van der Waals surface area (Å²) in [4.78, 5) is 4.21. The number of aryl methyl sites for hydroxylation is 3. The molecule has 0 aliphatic rings. The number of rotatable bonds is 6. The highest BCUT2D eigenvalue weighted by Gasteiger charge is 2.07. The second-order valence-corrected chi connectivity index (χ2v) is 5.01. The molecule has 104 valence electrons. The van der Waals surface area contributed by atoms with Crippen molar-refractivity contribution in [3.63, 3.8) is 0 Å². The maximum atomic E-state index is 4.47. The van der Waals surface area contributed by atoms with E-state index < -0.39 is 0 Å². The molecule has 0 aliphatic heterocycles. The van der Waals surface area contributed by atoms with Crippen molar-refractivity contribution in [1.82, 2.24) is 29.9 Å². The average molecular weight is 262 g/mol. The Balaban J connectivity index is 1.77. The van der Waals surface area contributed by atoms with E-state index in [1.54, 1.807) is 6.33 Å². The molecular formula is C13H22N6. The van der Waals surface area contributed by atoms with Crippen molar-refractivity contribution in [3.8, 4) is 0 Å². The summed E-state index contributed by atoms with van der Waals surface area (Å²) in [5.41, 5.74) is 2.28. The lowest BCUT2D eigenvalue weighted by molar-refractivity contribution is 0.444. The monoisotopic (exact) mass is 262 g/mol. The molecule has 2 rings (SSSR count). The zero-order chi connectivity index (χ0) is 13.8. The molecule has 0 unspecified atom stereocenters. The van der Waals surface area contributed by atoms with E-state index in [4.69, 9.17) is 0 Å². The first-order valence-corrected chi connectivity index (χ1v) is 6.63. The van der Waals surface area contributed by atoms with Gasteiger partial charge in [0.05, 0.1) is 12.2 Å². The van der Waals surface area contributed by atoms with E-state index in [9.17, 15) is 0 Å². The minimum absolute atomic E-state index is 0.381. The summed E-state index contributed by atoms with van der Waals surface area (Å²) in [6, 6.07) is 2.48. The number of aromatic nitrogens is 5. The van der Waals surface area contributed by atoms with E-state index in [0.717, 1.165) is 31.0 Å². The molecule has 2 aromatic heterocycles. The second kappa shape index (κ2) is 5.97. The maximum Gasteiger partial charge on any atom is 0.138 e. The van der Waals surface area contributed by atoms with E-state index >= 15 is 0 Å². The van der Waals surface area contributed by atoms with E-state index in [2.05, 4.69) is 45.1 Å². The fraction of sp³-hybridized carbons (Fsp3) is 0.615. The minimum Gasteiger partial charge on any atom is -0.312 e. The number of hydrogen-bond acceptors (Lipinski definition) is 4. The van der Waals surface area contributed by atoms with Gasteiger partial charge in [-0.15, -0.1) is 0 Å². The Labute approximate surface area is 113 Å². The van der Waals surface area contributed by atoms with Gasteiger partial charge >= 0.3 is 0 Å². The third-order valence-electron chi connectivity index (χ3n) is 3.20. The third-order valence-corrected chi connectivity index (χ3v) is 3.20. The van der Waals surface area contributed by atoms with Gasteiger partial charge < -0.3 is 5.32 Å². The Kier molecular flexibility index (Phi) is 4.31. The Hall–Kier alpha value is -1.69. The lowest BCUT2D eigenvalue weighted by atomic mass is 10.3. The molecule has 2 heterocycles. The van der Waals surface area contributed by atoms with Crippen LogP contribution in [0.2, 0.25) is 0 Å². The Bertz CT molecular complexity index is 527. The smallest absolute Gasteiger partial charge is 0.138 e. The highest BCUT2D eigenvalue weighted by atomic mass is 15.3. The van der Waals surface area contributed by atoms with Crippen molar-refractivity contribution in [2.75, 3.05) is 6.54 Å². The molecule has 0 aliphatic carbocycles. The SMILES string of the molecule is Cc1cc(C)n(C[C@@H](C)NCCc2ncnn2C)n1. The molecule has 1 N–H and O–H groups in total. The van der Waals surface area contributed by atoms with Crippen LogP contribution in [0.5, 0.6) is 0 Å². The van der Waals surface area contributed by atoms with Crippen molar-refractivity contribution in [2.24, 2.45) is 7.05 Å². The first kappa shape index (κ1) is 13.7. The summed E-state index contributed by atoms with van der Waals surface area (Å²) in [6.45, 7) is 8.07. The molecule has 0 aromatic carbocycles. The molecule has 0 amide bonds. The van der Waals surface area contributed by atoms with Gasteiger partial charge in [-0.05, 0) is 26.8 Å².